The minimum absolute atomic E-state index is 0.0848. The first-order valence-electron chi connectivity index (χ1n) is 8.76. The molecule has 6 nitrogen and oxygen atoms in total. The quantitative estimate of drug-likeness (QED) is 0.411. The Labute approximate surface area is 159 Å². The average molecular weight is 399 g/mol. The molecule has 152 valence electrons. The summed E-state index contributed by atoms with van der Waals surface area (Å²) < 4.78 is 45.4. The molecule has 2 atom stereocenters. The number of hydrogen-bond acceptors (Lipinski definition) is 5. The molecule has 1 aromatic rings. The second-order valence-electron chi connectivity index (χ2n) is 6.52. The summed E-state index contributed by atoms with van der Waals surface area (Å²) in [5.74, 6) is -3.28. The first-order chi connectivity index (χ1) is 13.1. The third-order valence-corrected chi connectivity index (χ3v) is 4.80. The number of alkyl halides is 3. The highest BCUT2D eigenvalue weighted by molar-refractivity contribution is 6.00. The molecule has 0 aliphatic heterocycles. The lowest BCUT2D eigenvalue weighted by Crippen LogP contribution is -2.31. The molecule has 1 aliphatic rings. The summed E-state index contributed by atoms with van der Waals surface area (Å²) in [6.45, 7) is 2.29. The maximum atomic E-state index is 13.5. The van der Waals surface area contributed by atoms with Crippen molar-refractivity contribution in [2.75, 3.05) is 13.2 Å². The van der Waals surface area contributed by atoms with E-state index in [1.807, 2.05) is 0 Å². The number of halogens is 3. The largest absolute Gasteiger partial charge is 0.466 e. The molecule has 0 saturated heterocycles. The standard InChI is InChI=1S/C19H20F3NO5/c1-3-28-18(25)12-8-9-16(24)17(11(12)2)14(10-23(26)27)13-6-4-5-7-15(13)19(20,21)22/h4-7,12,14H,3,8-10H2,1-2H3/t12-,14-/m0/s1. The van der Waals surface area contributed by atoms with Crippen LogP contribution >= 0.6 is 0 Å². The van der Waals surface area contributed by atoms with E-state index in [1.54, 1.807) is 6.92 Å². The zero-order chi connectivity index (χ0) is 21.1. The van der Waals surface area contributed by atoms with Crippen molar-refractivity contribution in [2.45, 2.75) is 38.8 Å². The number of benzene rings is 1. The summed E-state index contributed by atoms with van der Waals surface area (Å²) in [6.07, 6.45) is -4.66. The number of Topliss-reactive ketones (excluding diaryl/α,β-unsaturated/α-hetero) is 1. The predicted molar refractivity (Wildman–Crippen MR) is 93.1 cm³/mol. The Hall–Kier alpha value is -2.71. The van der Waals surface area contributed by atoms with Crippen LogP contribution in [0.25, 0.3) is 0 Å². The van der Waals surface area contributed by atoms with E-state index in [-0.39, 0.29) is 36.2 Å². The summed E-state index contributed by atoms with van der Waals surface area (Å²) in [4.78, 5) is 35.2. The van der Waals surface area contributed by atoms with Gasteiger partial charge in [0.2, 0.25) is 6.54 Å². The average Bonchev–Trinajstić information content (AvgIpc) is 2.60. The highest BCUT2D eigenvalue weighted by Crippen LogP contribution is 2.42. The fourth-order valence-electron chi connectivity index (χ4n) is 3.59. The van der Waals surface area contributed by atoms with Crippen molar-refractivity contribution in [1.29, 1.82) is 0 Å². The van der Waals surface area contributed by atoms with Crippen molar-refractivity contribution in [3.05, 3.63) is 56.7 Å². The number of esters is 1. The first kappa shape index (κ1) is 21.6. The van der Waals surface area contributed by atoms with E-state index in [4.69, 9.17) is 4.74 Å². The summed E-state index contributed by atoms with van der Waals surface area (Å²) in [7, 11) is 0. The highest BCUT2D eigenvalue weighted by Gasteiger charge is 2.41. The number of hydrogen-bond donors (Lipinski definition) is 0. The molecule has 0 saturated carbocycles. The van der Waals surface area contributed by atoms with Crippen LogP contribution in [0.15, 0.2) is 35.4 Å². The fraction of sp³-hybridized carbons (Fsp3) is 0.474. The van der Waals surface area contributed by atoms with E-state index in [9.17, 15) is 32.9 Å². The summed E-state index contributed by atoms with van der Waals surface area (Å²) >= 11 is 0. The van der Waals surface area contributed by atoms with Crippen LogP contribution in [0.4, 0.5) is 13.2 Å². The second-order valence-corrected chi connectivity index (χ2v) is 6.52. The molecule has 0 spiro atoms. The molecule has 0 bridgehead atoms. The van der Waals surface area contributed by atoms with Gasteiger partial charge < -0.3 is 4.74 Å². The highest BCUT2D eigenvalue weighted by atomic mass is 19.4. The molecule has 0 aromatic heterocycles. The van der Waals surface area contributed by atoms with Gasteiger partial charge in [-0.3, -0.25) is 19.7 Å². The Kier molecular flexibility index (Phi) is 6.58. The Morgan fingerprint density at radius 2 is 2.00 bits per heavy atom. The van der Waals surface area contributed by atoms with Crippen LogP contribution in [0, 0.1) is 16.0 Å². The van der Waals surface area contributed by atoms with E-state index in [0.29, 0.717) is 0 Å². The van der Waals surface area contributed by atoms with Gasteiger partial charge in [-0.25, -0.2) is 0 Å². The molecule has 0 amide bonds. The maximum absolute atomic E-state index is 13.5. The molecule has 2 rings (SSSR count). The zero-order valence-electron chi connectivity index (χ0n) is 15.4. The van der Waals surface area contributed by atoms with Gasteiger partial charge in [0.25, 0.3) is 0 Å². The molecular weight excluding hydrogens is 379 g/mol. The number of carbonyl (C=O) groups is 2. The van der Waals surface area contributed by atoms with Gasteiger partial charge in [0.05, 0.1) is 24.0 Å². The van der Waals surface area contributed by atoms with Gasteiger partial charge in [0.1, 0.15) is 0 Å². The van der Waals surface area contributed by atoms with Gasteiger partial charge in [-0.05, 0) is 31.9 Å². The van der Waals surface area contributed by atoms with Crippen LogP contribution in [0.1, 0.15) is 43.7 Å². The molecule has 28 heavy (non-hydrogen) atoms. The van der Waals surface area contributed by atoms with E-state index < -0.39 is 46.8 Å². The van der Waals surface area contributed by atoms with Crippen LogP contribution in [0.3, 0.4) is 0 Å². The van der Waals surface area contributed by atoms with Crippen molar-refractivity contribution in [1.82, 2.24) is 0 Å². The molecular formula is C19H20F3NO5. The van der Waals surface area contributed by atoms with Crippen molar-refractivity contribution in [2.24, 2.45) is 5.92 Å². The third-order valence-electron chi connectivity index (χ3n) is 4.80. The lowest BCUT2D eigenvalue weighted by Gasteiger charge is -2.29. The van der Waals surface area contributed by atoms with Crippen LogP contribution in [-0.4, -0.2) is 29.8 Å². The molecule has 1 aliphatic carbocycles. The Bertz CT molecular complexity index is 816. The Morgan fingerprint density at radius 3 is 2.57 bits per heavy atom. The molecule has 0 fully saturated rings. The zero-order valence-corrected chi connectivity index (χ0v) is 15.4. The van der Waals surface area contributed by atoms with E-state index >= 15 is 0 Å². The lowest BCUT2D eigenvalue weighted by atomic mass is 9.75. The molecule has 0 N–H and O–H groups in total. The normalized spacial score (nSPS) is 18.8. The van der Waals surface area contributed by atoms with Crippen LogP contribution in [0.5, 0.6) is 0 Å². The SMILES string of the molecule is CCOC(=O)[C@H]1CCC(=O)C([C@@H](C[N+](=O)[O-])c2ccccc2C(F)(F)F)=C1C. The van der Waals surface area contributed by atoms with E-state index in [2.05, 4.69) is 0 Å². The monoisotopic (exact) mass is 399 g/mol. The van der Waals surface area contributed by atoms with Gasteiger partial charge in [-0.1, -0.05) is 23.8 Å². The first-order valence-corrected chi connectivity index (χ1v) is 8.76. The number of nitrogens with zero attached hydrogens (tertiary/aromatic N) is 1. The number of nitro groups is 1. The lowest BCUT2D eigenvalue weighted by molar-refractivity contribution is -0.482. The van der Waals surface area contributed by atoms with Crippen molar-refractivity contribution >= 4 is 11.8 Å². The van der Waals surface area contributed by atoms with Gasteiger partial charge >= 0.3 is 12.1 Å². The van der Waals surface area contributed by atoms with Gasteiger partial charge in [-0.15, -0.1) is 0 Å². The fourth-order valence-corrected chi connectivity index (χ4v) is 3.59. The molecule has 1 aromatic carbocycles. The minimum atomic E-state index is -4.74. The minimum Gasteiger partial charge on any atom is -0.466 e. The van der Waals surface area contributed by atoms with Gasteiger partial charge in [0, 0.05) is 16.9 Å². The summed E-state index contributed by atoms with van der Waals surface area (Å²) in [5, 5.41) is 11.2. The Morgan fingerprint density at radius 1 is 1.36 bits per heavy atom. The maximum Gasteiger partial charge on any atom is 0.416 e. The topological polar surface area (TPSA) is 86.5 Å². The number of rotatable bonds is 6. The van der Waals surface area contributed by atoms with E-state index in [0.717, 1.165) is 12.1 Å². The summed E-state index contributed by atoms with van der Waals surface area (Å²) in [5.41, 5.74) is -1.25. The van der Waals surface area contributed by atoms with Crippen molar-refractivity contribution in [3.63, 3.8) is 0 Å². The Balaban J connectivity index is 2.65. The molecule has 9 heteroatoms. The van der Waals surface area contributed by atoms with E-state index in [1.165, 1.54) is 19.1 Å². The smallest absolute Gasteiger partial charge is 0.416 e. The third kappa shape index (κ3) is 4.58. The van der Waals surface area contributed by atoms with Gasteiger partial charge in [0.15, 0.2) is 5.78 Å². The number of ether oxygens (including phenoxy) is 1. The van der Waals surface area contributed by atoms with Gasteiger partial charge in [-0.2, -0.15) is 13.2 Å². The molecule has 0 heterocycles. The van der Waals surface area contributed by atoms with Crippen LogP contribution in [-0.2, 0) is 20.5 Å². The van der Waals surface area contributed by atoms with Crippen molar-refractivity contribution < 1.29 is 32.4 Å². The predicted octanol–water partition coefficient (Wildman–Crippen LogP) is 3.92. The van der Waals surface area contributed by atoms with Crippen LogP contribution in [0.2, 0.25) is 0 Å². The second kappa shape index (κ2) is 8.53. The molecule has 0 unspecified atom stereocenters. The summed E-state index contributed by atoms with van der Waals surface area (Å²) in [6, 6.07) is 4.48. The van der Waals surface area contributed by atoms with Crippen LogP contribution < -0.4 is 0 Å². The number of ketones is 1. The number of carbonyl (C=O) groups excluding carboxylic acids is 2. The van der Waals surface area contributed by atoms with Crippen molar-refractivity contribution in [3.8, 4) is 0 Å². The molecule has 0 radical (unpaired) electrons.